The van der Waals surface area contributed by atoms with Crippen LogP contribution in [0.3, 0.4) is 0 Å². The predicted octanol–water partition coefficient (Wildman–Crippen LogP) is 1.92. The van der Waals surface area contributed by atoms with E-state index in [2.05, 4.69) is 17.1 Å². The first-order valence-corrected chi connectivity index (χ1v) is 6.09. The molecule has 2 rings (SSSR count). The van der Waals surface area contributed by atoms with E-state index in [1.54, 1.807) is 12.1 Å². The number of piperazine rings is 1. The molecule has 1 heterocycles. The van der Waals surface area contributed by atoms with E-state index in [-0.39, 0.29) is 18.2 Å². The van der Waals surface area contributed by atoms with E-state index in [0.29, 0.717) is 12.6 Å². The van der Waals surface area contributed by atoms with Crippen molar-refractivity contribution < 1.29 is 9.13 Å². The zero-order valence-corrected chi connectivity index (χ0v) is 11.4. The third kappa shape index (κ3) is 4.44. The number of benzene rings is 1. The number of nitrogens with zero attached hydrogens (tertiary/aromatic N) is 1. The van der Waals surface area contributed by atoms with Crippen LogP contribution < -0.4 is 10.1 Å². The van der Waals surface area contributed by atoms with Crippen LogP contribution in [0.5, 0.6) is 5.75 Å². The smallest absolute Gasteiger partial charge is 0.123 e. The molecule has 0 amide bonds. The Morgan fingerprint density at radius 3 is 2.78 bits per heavy atom. The van der Waals surface area contributed by atoms with Crippen molar-refractivity contribution in [2.24, 2.45) is 0 Å². The zero-order chi connectivity index (χ0) is 12.1. The minimum absolute atomic E-state index is 0. The summed E-state index contributed by atoms with van der Waals surface area (Å²) in [7, 11) is 0. The highest BCUT2D eigenvalue weighted by Gasteiger charge is 2.16. The Labute approximate surface area is 114 Å². The lowest BCUT2D eigenvalue weighted by Gasteiger charge is -2.33. The van der Waals surface area contributed by atoms with Crippen molar-refractivity contribution in [1.82, 2.24) is 10.2 Å². The Hall–Kier alpha value is -0.840. The molecule has 1 N–H and O–H groups in total. The molecule has 0 saturated carbocycles. The van der Waals surface area contributed by atoms with Crippen molar-refractivity contribution in [3.8, 4) is 5.75 Å². The molecule has 5 heteroatoms. The number of nitrogens with one attached hydrogen (secondary N) is 1. The minimum Gasteiger partial charge on any atom is -0.492 e. The second-order valence-corrected chi connectivity index (χ2v) is 4.39. The fourth-order valence-electron chi connectivity index (χ4n) is 2.03. The van der Waals surface area contributed by atoms with E-state index in [9.17, 15) is 4.39 Å². The maximum atomic E-state index is 12.7. The van der Waals surface area contributed by atoms with Gasteiger partial charge in [-0.05, 0) is 31.2 Å². The lowest BCUT2D eigenvalue weighted by Crippen LogP contribution is -2.50. The lowest BCUT2D eigenvalue weighted by atomic mass is 10.2. The Kier molecular flexibility index (Phi) is 6.39. The average Bonchev–Trinajstić information content (AvgIpc) is 2.34. The van der Waals surface area contributed by atoms with Crippen LogP contribution in [0.2, 0.25) is 0 Å². The van der Waals surface area contributed by atoms with Crippen LogP contribution in [-0.2, 0) is 0 Å². The number of rotatable bonds is 4. The SMILES string of the molecule is C[C@@H]1CNCCN1CCOc1ccc(F)cc1.Cl. The quantitative estimate of drug-likeness (QED) is 0.908. The molecule has 0 aromatic heterocycles. The van der Waals surface area contributed by atoms with Crippen LogP contribution in [0.15, 0.2) is 24.3 Å². The van der Waals surface area contributed by atoms with Crippen LogP contribution in [0.25, 0.3) is 0 Å². The molecule has 1 aliphatic heterocycles. The van der Waals surface area contributed by atoms with Crippen molar-refractivity contribution >= 4 is 12.4 Å². The summed E-state index contributed by atoms with van der Waals surface area (Å²) in [4.78, 5) is 2.40. The highest BCUT2D eigenvalue weighted by Crippen LogP contribution is 2.11. The summed E-state index contributed by atoms with van der Waals surface area (Å²) in [5, 5.41) is 3.35. The minimum atomic E-state index is -0.229. The maximum Gasteiger partial charge on any atom is 0.123 e. The Morgan fingerprint density at radius 1 is 1.39 bits per heavy atom. The van der Waals surface area contributed by atoms with Gasteiger partial charge < -0.3 is 10.1 Å². The summed E-state index contributed by atoms with van der Waals surface area (Å²) in [5.74, 6) is 0.502. The zero-order valence-electron chi connectivity index (χ0n) is 10.6. The van der Waals surface area contributed by atoms with Crippen molar-refractivity contribution in [3.05, 3.63) is 30.1 Å². The van der Waals surface area contributed by atoms with Gasteiger partial charge in [0.15, 0.2) is 0 Å². The molecule has 1 fully saturated rings. The maximum absolute atomic E-state index is 12.7. The molecule has 18 heavy (non-hydrogen) atoms. The summed E-state index contributed by atoms with van der Waals surface area (Å²) >= 11 is 0. The first kappa shape index (κ1) is 15.2. The number of ether oxygens (including phenoxy) is 1. The van der Waals surface area contributed by atoms with E-state index in [1.807, 2.05) is 0 Å². The van der Waals surface area contributed by atoms with Gasteiger partial charge in [0, 0.05) is 32.2 Å². The average molecular weight is 275 g/mol. The van der Waals surface area contributed by atoms with Gasteiger partial charge in [0.2, 0.25) is 0 Å². The highest BCUT2D eigenvalue weighted by molar-refractivity contribution is 5.85. The van der Waals surface area contributed by atoms with Gasteiger partial charge in [-0.1, -0.05) is 0 Å². The molecule has 1 atom stereocenters. The molecule has 0 aliphatic carbocycles. The van der Waals surface area contributed by atoms with Crippen LogP contribution in [0.1, 0.15) is 6.92 Å². The first-order chi connectivity index (χ1) is 8.25. The number of halogens is 2. The molecule has 3 nitrogen and oxygen atoms in total. The number of hydrogen-bond donors (Lipinski definition) is 1. The molecule has 0 unspecified atom stereocenters. The van der Waals surface area contributed by atoms with Gasteiger partial charge in [-0.25, -0.2) is 4.39 Å². The van der Waals surface area contributed by atoms with Gasteiger partial charge >= 0.3 is 0 Å². The summed E-state index contributed by atoms with van der Waals surface area (Å²) in [5.41, 5.74) is 0. The van der Waals surface area contributed by atoms with E-state index < -0.39 is 0 Å². The van der Waals surface area contributed by atoms with E-state index >= 15 is 0 Å². The van der Waals surface area contributed by atoms with Gasteiger partial charge in [0.25, 0.3) is 0 Å². The largest absolute Gasteiger partial charge is 0.492 e. The summed E-state index contributed by atoms with van der Waals surface area (Å²) in [6, 6.07) is 6.72. The molecule has 0 bridgehead atoms. The second-order valence-electron chi connectivity index (χ2n) is 4.39. The Balaban J connectivity index is 0.00000162. The fourth-order valence-corrected chi connectivity index (χ4v) is 2.03. The van der Waals surface area contributed by atoms with Gasteiger partial charge in [0.05, 0.1) is 0 Å². The van der Waals surface area contributed by atoms with Crippen LogP contribution in [0, 0.1) is 5.82 Å². The normalized spacial score (nSPS) is 20.2. The van der Waals surface area contributed by atoms with Crippen LogP contribution in [0.4, 0.5) is 4.39 Å². The molecule has 0 spiro atoms. The summed E-state index contributed by atoms with van der Waals surface area (Å²) in [6.45, 7) is 6.92. The topological polar surface area (TPSA) is 24.5 Å². The summed E-state index contributed by atoms with van der Waals surface area (Å²) in [6.07, 6.45) is 0. The fraction of sp³-hybridized carbons (Fsp3) is 0.538. The van der Waals surface area contributed by atoms with Gasteiger partial charge in [-0.15, -0.1) is 12.4 Å². The predicted molar refractivity (Wildman–Crippen MR) is 73.0 cm³/mol. The van der Waals surface area contributed by atoms with Gasteiger partial charge in [0.1, 0.15) is 18.2 Å². The van der Waals surface area contributed by atoms with Crippen molar-refractivity contribution in [3.63, 3.8) is 0 Å². The van der Waals surface area contributed by atoms with Crippen LogP contribution >= 0.6 is 12.4 Å². The third-order valence-corrected chi connectivity index (χ3v) is 3.10. The van der Waals surface area contributed by atoms with Crippen molar-refractivity contribution in [1.29, 1.82) is 0 Å². The standard InChI is InChI=1S/C13H19FN2O.ClH/c1-11-10-15-6-7-16(11)8-9-17-13-4-2-12(14)3-5-13;/h2-5,11,15H,6-10H2,1H3;1H/t11-;/m1./s1. The van der Waals surface area contributed by atoms with Gasteiger partial charge in [-0.2, -0.15) is 0 Å². The Morgan fingerprint density at radius 2 is 2.11 bits per heavy atom. The molecule has 0 radical (unpaired) electrons. The highest BCUT2D eigenvalue weighted by atomic mass is 35.5. The summed E-state index contributed by atoms with van der Waals surface area (Å²) < 4.78 is 18.3. The molecule has 1 aromatic carbocycles. The van der Waals surface area contributed by atoms with E-state index in [4.69, 9.17) is 4.74 Å². The molecule has 1 saturated heterocycles. The number of hydrogen-bond acceptors (Lipinski definition) is 3. The molecular formula is C13H20ClFN2O. The molecular weight excluding hydrogens is 255 g/mol. The van der Waals surface area contributed by atoms with Crippen molar-refractivity contribution in [2.45, 2.75) is 13.0 Å². The lowest BCUT2D eigenvalue weighted by molar-refractivity contribution is 0.143. The second kappa shape index (κ2) is 7.56. The van der Waals surface area contributed by atoms with Crippen molar-refractivity contribution in [2.75, 3.05) is 32.8 Å². The van der Waals surface area contributed by atoms with E-state index in [1.165, 1.54) is 12.1 Å². The van der Waals surface area contributed by atoms with E-state index in [0.717, 1.165) is 31.9 Å². The first-order valence-electron chi connectivity index (χ1n) is 6.09. The third-order valence-electron chi connectivity index (χ3n) is 3.10. The molecule has 1 aliphatic rings. The van der Waals surface area contributed by atoms with Gasteiger partial charge in [-0.3, -0.25) is 4.90 Å². The monoisotopic (exact) mass is 274 g/mol. The van der Waals surface area contributed by atoms with Crippen LogP contribution in [-0.4, -0.2) is 43.7 Å². The Bertz CT molecular complexity index is 347. The molecule has 1 aromatic rings. The molecule has 102 valence electrons.